The fraction of sp³-hybridized carbons (Fsp3) is 0.200. The lowest BCUT2D eigenvalue weighted by molar-refractivity contribution is 0.482. The van der Waals surface area contributed by atoms with Gasteiger partial charge >= 0.3 is 0 Å². The van der Waals surface area contributed by atoms with Gasteiger partial charge in [0.25, 0.3) is 0 Å². The van der Waals surface area contributed by atoms with Crippen molar-refractivity contribution < 1.29 is 4.74 Å². The summed E-state index contributed by atoms with van der Waals surface area (Å²) in [6.45, 7) is 0. The fourth-order valence-electron chi connectivity index (χ4n) is 1.78. The van der Waals surface area contributed by atoms with Gasteiger partial charge in [-0.3, -0.25) is 0 Å². The molecule has 0 atom stereocenters. The lowest BCUT2D eigenvalue weighted by Crippen LogP contribution is -1.85. The maximum Gasteiger partial charge on any atom is 0.127 e. The maximum atomic E-state index is 5.78. The average Bonchev–Trinajstić information content (AvgIpc) is 3.15. The summed E-state index contributed by atoms with van der Waals surface area (Å²) in [6, 6.07) is 19.2. The molecule has 0 aromatic heterocycles. The third kappa shape index (κ3) is 2.08. The predicted molar refractivity (Wildman–Crippen MR) is 63.8 cm³/mol. The van der Waals surface area contributed by atoms with Crippen LogP contribution in [-0.2, 0) is 0 Å². The Bertz CT molecular complexity index is 472. The Morgan fingerprint density at radius 3 is 2.56 bits per heavy atom. The number of para-hydroxylation sites is 1. The highest BCUT2D eigenvalue weighted by Crippen LogP contribution is 2.41. The van der Waals surface area contributed by atoms with Gasteiger partial charge in [-0.25, -0.2) is 0 Å². The van der Waals surface area contributed by atoms with Crippen molar-refractivity contribution in [3.8, 4) is 11.5 Å². The third-order valence-corrected chi connectivity index (χ3v) is 2.79. The van der Waals surface area contributed by atoms with E-state index in [1.165, 1.54) is 18.4 Å². The first-order valence-corrected chi connectivity index (χ1v) is 5.66. The Morgan fingerprint density at radius 1 is 1.00 bits per heavy atom. The minimum atomic E-state index is 0.722. The van der Waals surface area contributed by atoms with E-state index in [1.54, 1.807) is 0 Å². The Kier molecular flexibility index (Phi) is 2.37. The van der Waals surface area contributed by atoms with Crippen LogP contribution in [0.15, 0.2) is 48.5 Å². The van der Waals surface area contributed by atoms with E-state index in [9.17, 15) is 0 Å². The highest BCUT2D eigenvalue weighted by molar-refractivity contribution is 5.35. The van der Waals surface area contributed by atoms with Crippen molar-refractivity contribution in [2.75, 3.05) is 0 Å². The van der Waals surface area contributed by atoms with E-state index in [0.717, 1.165) is 17.4 Å². The molecule has 1 radical (unpaired) electrons. The third-order valence-electron chi connectivity index (χ3n) is 2.79. The predicted octanol–water partition coefficient (Wildman–Crippen LogP) is 4.16. The van der Waals surface area contributed by atoms with Crippen molar-refractivity contribution in [1.29, 1.82) is 0 Å². The number of benzene rings is 2. The zero-order valence-corrected chi connectivity index (χ0v) is 9.02. The summed E-state index contributed by atoms with van der Waals surface area (Å²) in [5.41, 5.74) is 1.29. The second-order valence-electron chi connectivity index (χ2n) is 4.17. The second kappa shape index (κ2) is 4.01. The summed E-state index contributed by atoms with van der Waals surface area (Å²) in [4.78, 5) is 0. The van der Waals surface area contributed by atoms with Crippen LogP contribution in [0.5, 0.6) is 11.5 Å². The molecule has 0 aliphatic heterocycles. The maximum absolute atomic E-state index is 5.78. The van der Waals surface area contributed by atoms with Crippen LogP contribution >= 0.6 is 0 Å². The lowest BCUT2D eigenvalue weighted by Gasteiger charge is -2.06. The van der Waals surface area contributed by atoms with Crippen LogP contribution in [0.4, 0.5) is 0 Å². The Hall–Kier alpha value is -1.76. The quantitative estimate of drug-likeness (QED) is 0.737. The zero-order chi connectivity index (χ0) is 10.8. The highest BCUT2D eigenvalue weighted by atomic mass is 16.5. The SMILES string of the molecule is [c]1ccc(Oc2ccccc2)cc1C1CC1. The van der Waals surface area contributed by atoms with E-state index in [1.807, 2.05) is 42.5 Å². The lowest BCUT2D eigenvalue weighted by atomic mass is 10.1. The Labute approximate surface area is 95.7 Å². The summed E-state index contributed by atoms with van der Waals surface area (Å²) < 4.78 is 5.78. The van der Waals surface area contributed by atoms with Crippen LogP contribution < -0.4 is 4.74 Å². The molecule has 1 heteroatoms. The number of ether oxygens (including phenoxy) is 1. The zero-order valence-electron chi connectivity index (χ0n) is 9.02. The largest absolute Gasteiger partial charge is 0.457 e. The smallest absolute Gasteiger partial charge is 0.127 e. The fourth-order valence-corrected chi connectivity index (χ4v) is 1.78. The topological polar surface area (TPSA) is 9.23 Å². The van der Waals surface area contributed by atoms with Gasteiger partial charge in [-0.2, -0.15) is 0 Å². The van der Waals surface area contributed by atoms with E-state index < -0.39 is 0 Å². The van der Waals surface area contributed by atoms with Gasteiger partial charge in [-0.1, -0.05) is 24.3 Å². The van der Waals surface area contributed by atoms with Gasteiger partial charge in [0, 0.05) is 0 Å². The molecular weight excluding hydrogens is 196 g/mol. The first-order chi connectivity index (χ1) is 7.92. The molecule has 0 amide bonds. The van der Waals surface area contributed by atoms with E-state index in [4.69, 9.17) is 4.74 Å². The van der Waals surface area contributed by atoms with Crippen LogP contribution in [0.3, 0.4) is 0 Å². The molecule has 1 aliphatic carbocycles. The van der Waals surface area contributed by atoms with Gasteiger partial charge in [-0.05, 0) is 54.7 Å². The van der Waals surface area contributed by atoms with E-state index >= 15 is 0 Å². The van der Waals surface area contributed by atoms with Gasteiger partial charge in [0.1, 0.15) is 11.5 Å². The average molecular weight is 209 g/mol. The second-order valence-corrected chi connectivity index (χ2v) is 4.17. The van der Waals surface area contributed by atoms with Crippen molar-refractivity contribution >= 4 is 0 Å². The van der Waals surface area contributed by atoms with Crippen molar-refractivity contribution in [3.05, 3.63) is 60.2 Å². The highest BCUT2D eigenvalue weighted by Gasteiger charge is 2.23. The molecule has 0 spiro atoms. The van der Waals surface area contributed by atoms with Gasteiger partial charge in [0.15, 0.2) is 0 Å². The molecule has 79 valence electrons. The molecule has 0 N–H and O–H groups in total. The summed E-state index contributed by atoms with van der Waals surface area (Å²) in [7, 11) is 0. The summed E-state index contributed by atoms with van der Waals surface area (Å²) in [5, 5.41) is 0. The molecule has 0 unspecified atom stereocenters. The van der Waals surface area contributed by atoms with E-state index in [2.05, 4.69) is 12.1 Å². The molecule has 3 rings (SSSR count). The normalized spacial score (nSPS) is 14.8. The molecule has 2 aromatic carbocycles. The monoisotopic (exact) mass is 209 g/mol. The van der Waals surface area contributed by atoms with Crippen LogP contribution in [0.25, 0.3) is 0 Å². The molecule has 0 saturated heterocycles. The molecule has 0 bridgehead atoms. The van der Waals surface area contributed by atoms with Crippen LogP contribution in [-0.4, -0.2) is 0 Å². The Balaban J connectivity index is 1.81. The van der Waals surface area contributed by atoms with Gasteiger partial charge < -0.3 is 4.74 Å². The molecule has 16 heavy (non-hydrogen) atoms. The number of hydrogen-bond donors (Lipinski definition) is 0. The van der Waals surface area contributed by atoms with Crippen molar-refractivity contribution in [3.63, 3.8) is 0 Å². The van der Waals surface area contributed by atoms with Crippen LogP contribution in [0.2, 0.25) is 0 Å². The molecule has 1 fully saturated rings. The molecule has 1 aliphatic rings. The standard InChI is InChI=1S/C15H13O/c1-2-6-14(7-3-1)16-15-8-4-5-13(11-15)12-9-10-12/h1-4,6-8,11-12H,9-10H2. The molecule has 0 heterocycles. The molecule has 1 saturated carbocycles. The number of rotatable bonds is 3. The summed E-state index contributed by atoms with van der Waals surface area (Å²) in [5.74, 6) is 2.52. The first-order valence-electron chi connectivity index (χ1n) is 5.66. The summed E-state index contributed by atoms with van der Waals surface area (Å²) in [6.07, 6.45) is 2.59. The van der Waals surface area contributed by atoms with Crippen molar-refractivity contribution in [2.45, 2.75) is 18.8 Å². The number of hydrogen-bond acceptors (Lipinski definition) is 1. The van der Waals surface area contributed by atoms with Crippen molar-refractivity contribution in [2.24, 2.45) is 0 Å². The van der Waals surface area contributed by atoms with Gasteiger partial charge in [0.2, 0.25) is 0 Å². The van der Waals surface area contributed by atoms with Crippen LogP contribution in [0, 0.1) is 6.07 Å². The molecule has 1 nitrogen and oxygen atoms in total. The molecule has 2 aromatic rings. The summed E-state index contributed by atoms with van der Waals surface area (Å²) >= 11 is 0. The van der Waals surface area contributed by atoms with Gasteiger partial charge in [0.05, 0.1) is 0 Å². The van der Waals surface area contributed by atoms with Crippen molar-refractivity contribution in [1.82, 2.24) is 0 Å². The Morgan fingerprint density at radius 2 is 1.81 bits per heavy atom. The van der Waals surface area contributed by atoms with E-state index in [-0.39, 0.29) is 0 Å². The minimum Gasteiger partial charge on any atom is -0.457 e. The minimum absolute atomic E-state index is 0.722. The first kappa shape index (κ1) is 9.46. The molecular formula is C15H13O. The van der Waals surface area contributed by atoms with E-state index in [0.29, 0.717) is 0 Å². The van der Waals surface area contributed by atoms with Gasteiger partial charge in [-0.15, -0.1) is 0 Å². The van der Waals surface area contributed by atoms with Crippen LogP contribution in [0.1, 0.15) is 24.3 Å².